The third kappa shape index (κ3) is 7.23. The molecule has 2 aromatic rings. The zero-order valence-electron chi connectivity index (χ0n) is 16.1. The lowest BCUT2D eigenvalue weighted by atomic mass is 10.1. The third-order valence-electron chi connectivity index (χ3n) is 4.07. The van der Waals surface area contributed by atoms with Crippen LogP contribution in [0.15, 0.2) is 48.5 Å². The lowest BCUT2D eigenvalue weighted by Crippen LogP contribution is -2.29. The number of aryl methyl sites for hydroxylation is 1. The van der Waals surface area contributed by atoms with E-state index in [0.717, 1.165) is 30.2 Å². The summed E-state index contributed by atoms with van der Waals surface area (Å²) in [7, 11) is 3.49. The highest BCUT2D eigenvalue weighted by Gasteiger charge is 2.07. The van der Waals surface area contributed by atoms with Crippen molar-refractivity contribution in [1.82, 2.24) is 10.2 Å². The molecule has 0 heterocycles. The number of thioether (sulfide) groups is 1. The molecule has 0 atom stereocenters. The second-order valence-corrected chi connectivity index (χ2v) is 8.00. The van der Waals surface area contributed by atoms with Gasteiger partial charge in [0.25, 0.3) is 5.91 Å². The van der Waals surface area contributed by atoms with Gasteiger partial charge >= 0.3 is 0 Å². The quantitative estimate of drug-likeness (QED) is 0.510. The molecule has 0 fully saturated rings. The Labute approximate surface area is 171 Å². The Bertz CT molecular complexity index is 760. The van der Waals surface area contributed by atoms with Gasteiger partial charge < -0.3 is 15.5 Å². The monoisotopic (exact) mass is 401 g/mol. The molecule has 2 aromatic carbocycles. The van der Waals surface area contributed by atoms with E-state index < -0.39 is 0 Å². The van der Waals surface area contributed by atoms with Gasteiger partial charge in [0.2, 0.25) is 0 Å². The van der Waals surface area contributed by atoms with Crippen molar-refractivity contribution in [2.45, 2.75) is 19.1 Å². The van der Waals surface area contributed by atoms with Gasteiger partial charge in [-0.15, -0.1) is 0 Å². The Kier molecular flexibility index (Phi) is 8.61. The van der Waals surface area contributed by atoms with Crippen LogP contribution in [0.25, 0.3) is 0 Å². The molecular formula is C21H27N3OS2. The Morgan fingerprint density at radius 1 is 1.11 bits per heavy atom. The van der Waals surface area contributed by atoms with Crippen LogP contribution >= 0.6 is 24.0 Å². The molecule has 0 saturated heterocycles. The molecule has 0 bridgehead atoms. The molecule has 2 N–H and O–H groups in total. The number of nitrogens with one attached hydrogen (secondary N) is 2. The number of hydrogen-bond donors (Lipinski definition) is 2. The second-order valence-electron chi connectivity index (χ2n) is 6.49. The van der Waals surface area contributed by atoms with Gasteiger partial charge in [-0.25, -0.2) is 0 Å². The minimum absolute atomic E-state index is 0.00884. The van der Waals surface area contributed by atoms with Crippen molar-refractivity contribution in [1.29, 1.82) is 0 Å². The van der Waals surface area contributed by atoms with Crippen LogP contribution in [0.3, 0.4) is 0 Å². The smallest absolute Gasteiger partial charge is 0.253 e. The van der Waals surface area contributed by atoms with Crippen LogP contribution in [0.4, 0.5) is 5.69 Å². The standard InChI is InChI=1S/C21H27N3OS2/c1-16-7-4-5-8-18(16)15-27-14-6-13-22-21(26)23-19-11-9-17(10-12-19)20(25)24(2)3/h4-5,7-12H,6,13-15H2,1-3H3,(H2,22,23,26). The fourth-order valence-corrected chi connectivity index (χ4v) is 3.72. The molecule has 4 nitrogen and oxygen atoms in total. The molecule has 0 aliphatic rings. The number of benzene rings is 2. The van der Waals surface area contributed by atoms with Crippen molar-refractivity contribution in [3.8, 4) is 0 Å². The van der Waals surface area contributed by atoms with E-state index in [9.17, 15) is 4.79 Å². The molecule has 0 aliphatic heterocycles. The first-order valence-corrected chi connectivity index (χ1v) is 10.5. The summed E-state index contributed by atoms with van der Waals surface area (Å²) in [6, 6.07) is 15.9. The maximum Gasteiger partial charge on any atom is 0.253 e. The topological polar surface area (TPSA) is 44.4 Å². The number of carbonyl (C=O) groups is 1. The molecule has 0 aliphatic carbocycles. The summed E-state index contributed by atoms with van der Waals surface area (Å²) in [5, 5.41) is 6.98. The Morgan fingerprint density at radius 3 is 2.48 bits per heavy atom. The van der Waals surface area contributed by atoms with Crippen molar-refractivity contribution < 1.29 is 4.79 Å². The molecule has 0 radical (unpaired) electrons. The number of thiocarbonyl (C=S) groups is 1. The third-order valence-corrected chi connectivity index (χ3v) is 5.40. The van der Waals surface area contributed by atoms with Crippen molar-refractivity contribution in [2.75, 3.05) is 31.7 Å². The van der Waals surface area contributed by atoms with E-state index in [2.05, 4.69) is 41.8 Å². The summed E-state index contributed by atoms with van der Waals surface area (Å²) < 4.78 is 0. The zero-order chi connectivity index (χ0) is 19.6. The van der Waals surface area contributed by atoms with Crippen LogP contribution in [0, 0.1) is 6.92 Å². The largest absolute Gasteiger partial charge is 0.362 e. The van der Waals surface area contributed by atoms with E-state index in [4.69, 9.17) is 12.2 Å². The van der Waals surface area contributed by atoms with Gasteiger partial charge in [0.1, 0.15) is 0 Å². The fourth-order valence-electron chi connectivity index (χ4n) is 2.46. The van der Waals surface area contributed by atoms with Crippen LogP contribution in [0.5, 0.6) is 0 Å². The lowest BCUT2D eigenvalue weighted by Gasteiger charge is -2.12. The summed E-state index contributed by atoms with van der Waals surface area (Å²) in [6.07, 6.45) is 1.05. The first-order valence-electron chi connectivity index (χ1n) is 8.96. The predicted molar refractivity (Wildman–Crippen MR) is 121 cm³/mol. The van der Waals surface area contributed by atoms with Gasteiger partial charge in [0.05, 0.1) is 0 Å². The number of anilines is 1. The van der Waals surface area contributed by atoms with Crippen LogP contribution < -0.4 is 10.6 Å². The zero-order valence-corrected chi connectivity index (χ0v) is 17.8. The number of nitrogens with zero attached hydrogens (tertiary/aromatic N) is 1. The van der Waals surface area contributed by atoms with E-state index in [1.807, 2.05) is 23.9 Å². The average Bonchev–Trinajstić information content (AvgIpc) is 2.66. The Balaban J connectivity index is 1.63. The fraction of sp³-hybridized carbons (Fsp3) is 0.333. The molecule has 0 unspecified atom stereocenters. The van der Waals surface area contributed by atoms with E-state index in [1.165, 1.54) is 11.1 Å². The second kappa shape index (κ2) is 10.9. The minimum Gasteiger partial charge on any atom is -0.362 e. The van der Waals surface area contributed by atoms with Crippen LogP contribution in [-0.2, 0) is 5.75 Å². The first kappa shape index (κ1) is 21.3. The molecule has 27 heavy (non-hydrogen) atoms. The number of carbonyl (C=O) groups excluding carboxylic acids is 1. The molecule has 2 rings (SSSR count). The Hall–Kier alpha value is -2.05. The number of rotatable bonds is 8. The molecule has 0 saturated carbocycles. The van der Waals surface area contributed by atoms with Gasteiger partial charge in [-0.2, -0.15) is 11.8 Å². The molecule has 1 amide bonds. The average molecular weight is 402 g/mol. The van der Waals surface area contributed by atoms with Crippen molar-refractivity contribution >= 4 is 40.7 Å². The van der Waals surface area contributed by atoms with Gasteiger partial charge in [-0.05, 0) is 66.7 Å². The van der Waals surface area contributed by atoms with E-state index in [1.54, 1.807) is 31.1 Å². The van der Waals surface area contributed by atoms with Crippen molar-refractivity contribution in [2.24, 2.45) is 0 Å². The van der Waals surface area contributed by atoms with Crippen molar-refractivity contribution in [3.05, 3.63) is 65.2 Å². The summed E-state index contributed by atoms with van der Waals surface area (Å²) in [6.45, 7) is 2.99. The molecule has 0 aromatic heterocycles. The SMILES string of the molecule is Cc1ccccc1CSCCCNC(=S)Nc1ccc(C(=O)N(C)C)cc1. The highest BCUT2D eigenvalue weighted by atomic mass is 32.2. The highest BCUT2D eigenvalue weighted by Crippen LogP contribution is 2.16. The maximum absolute atomic E-state index is 11.9. The lowest BCUT2D eigenvalue weighted by molar-refractivity contribution is 0.0827. The predicted octanol–water partition coefficient (Wildman–Crippen LogP) is 4.31. The molecule has 144 valence electrons. The van der Waals surface area contributed by atoms with Gasteiger partial charge in [0, 0.05) is 37.6 Å². The summed E-state index contributed by atoms with van der Waals surface area (Å²) >= 11 is 7.27. The van der Waals surface area contributed by atoms with Crippen LogP contribution in [0.1, 0.15) is 27.9 Å². The van der Waals surface area contributed by atoms with E-state index >= 15 is 0 Å². The molecular weight excluding hydrogens is 374 g/mol. The summed E-state index contributed by atoms with van der Waals surface area (Å²) in [5.41, 5.74) is 4.29. The van der Waals surface area contributed by atoms with Gasteiger partial charge in [-0.3, -0.25) is 4.79 Å². The first-order chi connectivity index (χ1) is 13.0. The molecule has 6 heteroatoms. The Morgan fingerprint density at radius 2 is 1.81 bits per heavy atom. The number of hydrogen-bond acceptors (Lipinski definition) is 3. The highest BCUT2D eigenvalue weighted by molar-refractivity contribution is 7.98. The maximum atomic E-state index is 11.9. The normalized spacial score (nSPS) is 10.3. The summed E-state index contributed by atoms with van der Waals surface area (Å²) in [4.78, 5) is 13.4. The molecule has 0 spiro atoms. The van der Waals surface area contributed by atoms with Gasteiger partial charge in [-0.1, -0.05) is 24.3 Å². The van der Waals surface area contributed by atoms with Crippen molar-refractivity contribution in [3.63, 3.8) is 0 Å². The minimum atomic E-state index is -0.00884. The number of amides is 1. The van der Waals surface area contributed by atoms with Gasteiger partial charge in [0.15, 0.2) is 5.11 Å². The van der Waals surface area contributed by atoms with E-state index in [0.29, 0.717) is 10.7 Å². The van der Waals surface area contributed by atoms with E-state index in [-0.39, 0.29) is 5.91 Å². The van der Waals surface area contributed by atoms with Crippen LogP contribution in [0.2, 0.25) is 0 Å². The summed E-state index contributed by atoms with van der Waals surface area (Å²) in [5.74, 6) is 2.13. The van der Waals surface area contributed by atoms with Crippen LogP contribution in [-0.4, -0.2) is 42.3 Å².